The quantitative estimate of drug-likeness (QED) is 0.0196. The fourth-order valence-corrected chi connectivity index (χ4v) is 8.72. The van der Waals surface area contributed by atoms with Gasteiger partial charge in [0.05, 0.1) is 25.4 Å². The highest BCUT2D eigenvalue weighted by Crippen LogP contribution is 2.26. The second kappa shape index (κ2) is 46.7. The van der Waals surface area contributed by atoms with Gasteiger partial charge in [-0.3, -0.25) is 9.59 Å². The third kappa shape index (κ3) is 35.4. The second-order valence-electron chi connectivity index (χ2n) is 19.6. The van der Waals surface area contributed by atoms with E-state index in [1.54, 1.807) is 6.08 Å². The largest absolute Gasteiger partial charge is 0.454 e. The van der Waals surface area contributed by atoms with Crippen molar-refractivity contribution in [1.82, 2.24) is 5.32 Å². The van der Waals surface area contributed by atoms with Gasteiger partial charge in [-0.15, -0.1) is 0 Å². The lowest BCUT2D eigenvalue weighted by Crippen LogP contribution is -2.61. The van der Waals surface area contributed by atoms with Crippen molar-refractivity contribution in [1.29, 1.82) is 0 Å². The number of ether oxygens (including phenoxy) is 3. The van der Waals surface area contributed by atoms with E-state index in [-0.39, 0.29) is 13.0 Å². The number of carbonyl (C=O) groups excluding carboxylic acids is 2. The van der Waals surface area contributed by atoms with Gasteiger partial charge in [-0.2, -0.15) is 0 Å². The van der Waals surface area contributed by atoms with Gasteiger partial charge < -0.3 is 45.1 Å². The Labute approximate surface area is 421 Å². The zero-order chi connectivity index (χ0) is 50.4. The molecule has 0 aromatic rings. The maximum Gasteiger partial charge on any atom is 0.306 e. The first-order valence-corrected chi connectivity index (χ1v) is 28.4. The van der Waals surface area contributed by atoms with Crippen LogP contribution in [0.15, 0.2) is 48.6 Å². The lowest BCUT2D eigenvalue weighted by atomic mass is 9.99. The monoisotopic (exact) mass is 976 g/mol. The Balaban J connectivity index is 2.76. The van der Waals surface area contributed by atoms with Crippen molar-refractivity contribution in [2.24, 2.45) is 0 Å². The third-order valence-corrected chi connectivity index (χ3v) is 13.2. The molecule has 1 aliphatic heterocycles. The number of aliphatic hydroxyl groups is 5. The number of rotatable bonds is 47. The van der Waals surface area contributed by atoms with Gasteiger partial charge in [0.2, 0.25) is 5.91 Å². The molecule has 69 heavy (non-hydrogen) atoms. The Kier molecular flexibility index (Phi) is 43.7. The summed E-state index contributed by atoms with van der Waals surface area (Å²) in [5.74, 6) is -1.21. The number of unbranched alkanes of at least 4 members (excludes halogenated alkanes) is 27. The number of amides is 1. The van der Waals surface area contributed by atoms with Gasteiger partial charge >= 0.3 is 5.97 Å². The predicted molar refractivity (Wildman–Crippen MR) is 283 cm³/mol. The SMILES string of the molecule is CC/C=C/C/C=C/C/C=C/CCCCCCC(=O)OC1C(OCC(NC(=O)C(O)CCCCCCCCCCCCCCC)C(O)/C=C/CCCCCCCCCCCCC)OC(CO)C(O)C1O. The average molecular weight is 976 g/mol. The minimum absolute atomic E-state index is 0.0982. The van der Waals surface area contributed by atoms with Gasteiger partial charge in [0.15, 0.2) is 12.4 Å². The van der Waals surface area contributed by atoms with Crippen molar-refractivity contribution in [3.8, 4) is 0 Å². The highest BCUT2D eigenvalue weighted by atomic mass is 16.7. The molecule has 0 bridgehead atoms. The first kappa shape index (κ1) is 64.6. The van der Waals surface area contributed by atoms with Crippen LogP contribution in [-0.4, -0.2) is 99.6 Å². The van der Waals surface area contributed by atoms with Crippen LogP contribution < -0.4 is 5.32 Å². The van der Waals surface area contributed by atoms with Crippen LogP contribution in [0, 0.1) is 0 Å². The number of hydrogen-bond acceptors (Lipinski definition) is 10. The number of hydrogen-bond donors (Lipinski definition) is 6. The van der Waals surface area contributed by atoms with Crippen LogP contribution in [0.1, 0.15) is 245 Å². The highest BCUT2D eigenvalue weighted by molar-refractivity contribution is 5.80. The number of esters is 1. The Morgan fingerprint density at radius 3 is 1.57 bits per heavy atom. The lowest BCUT2D eigenvalue weighted by molar-refractivity contribution is -0.305. The summed E-state index contributed by atoms with van der Waals surface area (Å²) in [6.07, 6.45) is 44.4. The van der Waals surface area contributed by atoms with Crippen molar-refractivity contribution in [2.75, 3.05) is 13.2 Å². The van der Waals surface area contributed by atoms with E-state index in [0.717, 1.165) is 83.5 Å². The summed E-state index contributed by atoms with van der Waals surface area (Å²) in [6, 6.07) is -1.02. The Morgan fingerprint density at radius 2 is 1.04 bits per heavy atom. The molecular formula is C58H105NO10. The molecule has 0 radical (unpaired) electrons. The van der Waals surface area contributed by atoms with Crippen molar-refractivity contribution >= 4 is 11.9 Å². The predicted octanol–water partition coefficient (Wildman–Crippen LogP) is 12.5. The first-order valence-electron chi connectivity index (χ1n) is 28.4. The average Bonchev–Trinajstić information content (AvgIpc) is 3.34. The van der Waals surface area contributed by atoms with Crippen molar-refractivity contribution < 1.29 is 49.3 Å². The van der Waals surface area contributed by atoms with Crippen molar-refractivity contribution in [3.05, 3.63) is 48.6 Å². The van der Waals surface area contributed by atoms with Crippen LogP contribution in [0.4, 0.5) is 0 Å². The zero-order valence-corrected chi connectivity index (χ0v) is 44.2. The van der Waals surface area contributed by atoms with Gasteiger partial charge in [0, 0.05) is 6.42 Å². The molecule has 1 fully saturated rings. The van der Waals surface area contributed by atoms with E-state index < -0.39 is 67.4 Å². The molecular weight excluding hydrogens is 871 g/mol. The number of carbonyl (C=O) groups is 2. The van der Waals surface area contributed by atoms with Gasteiger partial charge in [-0.05, 0) is 57.8 Å². The third-order valence-electron chi connectivity index (χ3n) is 13.2. The van der Waals surface area contributed by atoms with Crippen LogP contribution in [0.3, 0.4) is 0 Å². The van der Waals surface area contributed by atoms with Crippen molar-refractivity contribution in [2.45, 2.75) is 294 Å². The van der Waals surface area contributed by atoms with E-state index in [4.69, 9.17) is 14.2 Å². The van der Waals surface area contributed by atoms with E-state index in [1.807, 2.05) is 6.08 Å². The Morgan fingerprint density at radius 1 is 0.580 bits per heavy atom. The van der Waals surface area contributed by atoms with Crippen LogP contribution >= 0.6 is 0 Å². The standard InChI is InChI=1S/C58H105NO10/c1-4-7-10-13-16-19-22-25-28-31-34-37-40-43-46-53(63)69-56-55(65)54(64)52(47-60)68-58(56)67-48-49(50(61)44-41-38-35-32-29-26-23-20-17-14-11-8-5-2)59-57(66)51(62)45-42-39-36-33-30-27-24-21-18-15-12-9-6-3/h7,10,16,19,25,28,41,44,49-52,54-56,58,60-62,64-65H,4-6,8-9,11-15,17-18,20-24,26-27,29-40,42-43,45-48H2,1-3H3,(H,59,66)/b10-7+,19-16+,28-25+,44-41+. The molecule has 0 aliphatic carbocycles. The Hall–Kier alpha value is -2.38. The fraction of sp³-hybridized carbons (Fsp3) is 0.828. The molecule has 1 aliphatic rings. The van der Waals surface area contributed by atoms with Crippen molar-refractivity contribution in [3.63, 3.8) is 0 Å². The van der Waals surface area contributed by atoms with E-state index >= 15 is 0 Å². The van der Waals surface area contributed by atoms with Crippen LogP contribution in [0.25, 0.3) is 0 Å². The molecule has 0 aromatic carbocycles. The molecule has 0 aromatic heterocycles. The summed E-state index contributed by atoms with van der Waals surface area (Å²) in [5, 5.41) is 56.8. The van der Waals surface area contributed by atoms with E-state index in [9.17, 15) is 35.1 Å². The number of allylic oxidation sites excluding steroid dienone is 7. The summed E-state index contributed by atoms with van der Waals surface area (Å²) in [6.45, 7) is 5.65. The molecule has 6 N–H and O–H groups in total. The molecule has 11 heteroatoms. The second-order valence-corrected chi connectivity index (χ2v) is 19.6. The summed E-state index contributed by atoms with van der Waals surface area (Å²) in [4.78, 5) is 26.4. The van der Waals surface area contributed by atoms with Crippen LogP contribution in [-0.2, 0) is 23.8 Å². The summed E-state index contributed by atoms with van der Waals surface area (Å²) in [5.41, 5.74) is 0. The van der Waals surface area contributed by atoms with Gasteiger partial charge in [0.25, 0.3) is 0 Å². The molecule has 8 unspecified atom stereocenters. The molecule has 1 saturated heterocycles. The van der Waals surface area contributed by atoms with Crippen LogP contribution in [0.5, 0.6) is 0 Å². The van der Waals surface area contributed by atoms with E-state index in [2.05, 4.69) is 62.5 Å². The Bertz CT molecular complexity index is 1300. The minimum Gasteiger partial charge on any atom is -0.454 e. The number of aliphatic hydroxyl groups excluding tert-OH is 5. The highest BCUT2D eigenvalue weighted by Gasteiger charge is 2.47. The van der Waals surface area contributed by atoms with Crippen LogP contribution in [0.2, 0.25) is 0 Å². The maximum atomic E-state index is 13.4. The fourth-order valence-electron chi connectivity index (χ4n) is 8.72. The van der Waals surface area contributed by atoms with Gasteiger partial charge in [0.1, 0.15) is 24.4 Å². The summed E-state index contributed by atoms with van der Waals surface area (Å²) < 4.78 is 17.5. The minimum atomic E-state index is -1.62. The molecule has 11 nitrogen and oxygen atoms in total. The normalized spacial score (nSPS) is 20.1. The van der Waals surface area contributed by atoms with E-state index in [0.29, 0.717) is 19.3 Å². The zero-order valence-electron chi connectivity index (χ0n) is 44.2. The molecule has 0 saturated carbocycles. The molecule has 1 rings (SSSR count). The van der Waals surface area contributed by atoms with Gasteiger partial charge in [-0.25, -0.2) is 0 Å². The number of nitrogens with one attached hydrogen (secondary N) is 1. The summed E-state index contributed by atoms with van der Waals surface area (Å²) in [7, 11) is 0. The summed E-state index contributed by atoms with van der Waals surface area (Å²) >= 11 is 0. The molecule has 0 spiro atoms. The first-order chi connectivity index (χ1) is 33.7. The molecule has 1 amide bonds. The smallest absolute Gasteiger partial charge is 0.306 e. The molecule has 402 valence electrons. The molecule has 1 heterocycles. The van der Waals surface area contributed by atoms with E-state index in [1.165, 1.54) is 116 Å². The van der Waals surface area contributed by atoms with Gasteiger partial charge in [-0.1, -0.05) is 230 Å². The molecule has 8 atom stereocenters. The maximum absolute atomic E-state index is 13.4. The topological polar surface area (TPSA) is 175 Å². The lowest BCUT2D eigenvalue weighted by Gasteiger charge is -2.41.